The molecular formula is C43H32N4O. The Labute approximate surface area is 277 Å². The number of amidine groups is 1. The van der Waals surface area contributed by atoms with Gasteiger partial charge < -0.3 is 14.7 Å². The van der Waals surface area contributed by atoms with Crippen LogP contribution < -0.4 is 11.1 Å². The van der Waals surface area contributed by atoms with Gasteiger partial charge in [0.25, 0.3) is 0 Å². The molecule has 1 unspecified atom stereocenters. The Hall–Kier alpha value is -6.17. The van der Waals surface area contributed by atoms with Crippen molar-refractivity contribution < 1.29 is 4.42 Å². The summed E-state index contributed by atoms with van der Waals surface area (Å²) in [6.45, 7) is 0.626. The maximum Gasteiger partial charge on any atom is 0.146 e. The molecule has 0 aliphatic carbocycles. The summed E-state index contributed by atoms with van der Waals surface area (Å²) in [6, 6.07) is 54.6. The fourth-order valence-electron chi connectivity index (χ4n) is 7.06. The molecule has 1 atom stereocenters. The number of para-hydroxylation sites is 2. The van der Waals surface area contributed by atoms with Gasteiger partial charge in [0.05, 0.1) is 16.4 Å². The largest absolute Gasteiger partial charge is 0.455 e. The van der Waals surface area contributed by atoms with Crippen LogP contribution in [-0.4, -0.2) is 10.4 Å². The van der Waals surface area contributed by atoms with Gasteiger partial charge in [0.1, 0.15) is 23.2 Å². The third kappa shape index (κ3) is 4.63. The monoisotopic (exact) mass is 620 g/mol. The van der Waals surface area contributed by atoms with E-state index in [1.807, 2.05) is 54.6 Å². The summed E-state index contributed by atoms with van der Waals surface area (Å²) in [5.74, 6) is 0.504. The number of benzene rings is 7. The van der Waals surface area contributed by atoms with E-state index in [-0.39, 0.29) is 6.17 Å². The molecule has 0 spiro atoms. The average molecular weight is 621 g/mol. The van der Waals surface area contributed by atoms with Gasteiger partial charge in [-0.2, -0.15) is 0 Å². The number of aliphatic imine (C=N–C) groups is 1. The van der Waals surface area contributed by atoms with Gasteiger partial charge in [-0.05, 0) is 40.8 Å². The highest BCUT2D eigenvalue weighted by Gasteiger charge is 2.22. The zero-order valence-corrected chi connectivity index (χ0v) is 26.2. The first-order valence-electron chi connectivity index (χ1n) is 16.3. The number of nitrogens with zero attached hydrogens (tertiary/aromatic N) is 2. The zero-order valence-electron chi connectivity index (χ0n) is 26.2. The van der Waals surface area contributed by atoms with Crippen LogP contribution in [-0.2, 0) is 6.54 Å². The Bertz CT molecular complexity index is 2620. The van der Waals surface area contributed by atoms with Gasteiger partial charge in [-0.1, -0.05) is 133 Å². The fourth-order valence-corrected chi connectivity index (χ4v) is 7.06. The van der Waals surface area contributed by atoms with Gasteiger partial charge in [0.2, 0.25) is 0 Å². The van der Waals surface area contributed by atoms with Crippen LogP contribution in [0, 0.1) is 0 Å². The molecule has 2 aromatic heterocycles. The van der Waals surface area contributed by atoms with Crippen molar-refractivity contribution in [1.29, 1.82) is 0 Å². The number of fused-ring (bicyclic) bond motifs is 10. The molecule has 230 valence electrons. The summed E-state index contributed by atoms with van der Waals surface area (Å²) in [6.07, 6.45) is -0.291. The molecule has 5 nitrogen and oxygen atoms in total. The third-order valence-electron chi connectivity index (χ3n) is 9.30. The highest BCUT2D eigenvalue weighted by Crippen LogP contribution is 2.45. The third-order valence-corrected chi connectivity index (χ3v) is 9.30. The number of hydrogen-bond acceptors (Lipinski definition) is 3. The van der Waals surface area contributed by atoms with Crippen LogP contribution in [0.2, 0.25) is 0 Å². The van der Waals surface area contributed by atoms with E-state index in [0.717, 1.165) is 55.3 Å². The Morgan fingerprint density at radius 3 is 2.02 bits per heavy atom. The summed E-state index contributed by atoms with van der Waals surface area (Å²) >= 11 is 0. The quantitative estimate of drug-likeness (QED) is 0.138. The first-order valence-corrected chi connectivity index (χ1v) is 16.3. The minimum absolute atomic E-state index is 0.291. The van der Waals surface area contributed by atoms with Crippen LogP contribution in [0.25, 0.3) is 60.2 Å². The molecule has 0 amide bonds. The Kier molecular flexibility index (Phi) is 6.77. The van der Waals surface area contributed by atoms with Gasteiger partial charge in [-0.25, -0.2) is 4.99 Å². The number of nitrogens with one attached hydrogen (secondary N) is 1. The summed E-state index contributed by atoms with van der Waals surface area (Å²) in [4.78, 5) is 4.90. The molecule has 2 heterocycles. The van der Waals surface area contributed by atoms with Gasteiger partial charge >= 0.3 is 0 Å². The Balaban J connectivity index is 1.14. The van der Waals surface area contributed by atoms with Crippen LogP contribution in [0.4, 0.5) is 0 Å². The fraction of sp³-hybridized carbons (Fsp3) is 0.0465. The standard InChI is InChI=1S/C43H32N4O/c44-42(29-13-3-1-4-14-29)46-43(30-15-5-2-6-16-30)45-27-28-23-25-31(26-24-28)47-36-21-11-9-19-34(36)39-40(47)33-18-8-7-17-32(33)38-35-20-10-12-22-37(35)48-41(38)39/h1-26,43,45H,27H2,(H2,44,46). The zero-order chi connectivity index (χ0) is 32.0. The number of aromatic nitrogens is 1. The summed E-state index contributed by atoms with van der Waals surface area (Å²) in [7, 11) is 0. The number of nitrogens with two attached hydrogens (primary N) is 1. The number of furan rings is 1. The maximum atomic E-state index is 6.66. The lowest BCUT2D eigenvalue weighted by atomic mass is 9.99. The van der Waals surface area contributed by atoms with Crippen LogP contribution in [0.5, 0.6) is 0 Å². The molecule has 0 radical (unpaired) electrons. The number of hydrogen-bond donors (Lipinski definition) is 2. The molecular weight excluding hydrogens is 589 g/mol. The molecule has 3 N–H and O–H groups in total. The van der Waals surface area contributed by atoms with Gasteiger partial charge in [-0.15, -0.1) is 0 Å². The van der Waals surface area contributed by atoms with Crippen molar-refractivity contribution in [1.82, 2.24) is 9.88 Å². The van der Waals surface area contributed by atoms with Gasteiger partial charge in [0.15, 0.2) is 0 Å². The molecule has 0 saturated heterocycles. The van der Waals surface area contributed by atoms with Crippen LogP contribution in [0.3, 0.4) is 0 Å². The lowest BCUT2D eigenvalue weighted by molar-refractivity contribution is 0.554. The summed E-state index contributed by atoms with van der Waals surface area (Å²) in [5.41, 5.74) is 14.8. The van der Waals surface area contributed by atoms with Gasteiger partial charge in [-0.3, -0.25) is 5.32 Å². The van der Waals surface area contributed by atoms with Crippen molar-refractivity contribution in [3.05, 3.63) is 174 Å². The first kappa shape index (κ1) is 28.1. The molecule has 0 aliphatic rings. The van der Waals surface area contributed by atoms with Crippen LogP contribution in [0.15, 0.2) is 167 Å². The minimum atomic E-state index is -0.291. The van der Waals surface area contributed by atoms with E-state index in [1.165, 1.54) is 21.5 Å². The van der Waals surface area contributed by atoms with E-state index in [0.29, 0.717) is 12.4 Å². The smallest absolute Gasteiger partial charge is 0.146 e. The molecule has 9 aromatic rings. The van der Waals surface area contributed by atoms with E-state index >= 15 is 0 Å². The highest BCUT2D eigenvalue weighted by molar-refractivity contribution is 6.35. The molecule has 0 saturated carbocycles. The lowest BCUT2D eigenvalue weighted by Crippen LogP contribution is -2.23. The van der Waals surface area contributed by atoms with E-state index in [9.17, 15) is 0 Å². The first-order chi connectivity index (χ1) is 23.7. The van der Waals surface area contributed by atoms with Crippen molar-refractivity contribution >= 4 is 60.4 Å². The molecule has 0 bridgehead atoms. The lowest BCUT2D eigenvalue weighted by Gasteiger charge is -2.17. The highest BCUT2D eigenvalue weighted by atomic mass is 16.3. The van der Waals surface area contributed by atoms with Crippen molar-refractivity contribution in [2.45, 2.75) is 12.7 Å². The molecule has 0 aliphatic heterocycles. The van der Waals surface area contributed by atoms with Crippen molar-refractivity contribution in [3.63, 3.8) is 0 Å². The van der Waals surface area contributed by atoms with E-state index < -0.39 is 0 Å². The van der Waals surface area contributed by atoms with Gasteiger partial charge in [0, 0.05) is 39.3 Å². The van der Waals surface area contributed by atoms with Crippen molar-refractivity contribution in [2.75, 3.05) is 0 Å². The predicted octanol–water partition coefficient (Wildman–Crippen LogP) is 10.0. The molecule has 0 fully saturated rings. The minimum Gasteiger partial charge on any atom is -0.455 e. The molecule has 9 rings (SSSR count). The second-order valence-corrected chi connectivity index (χ2v) is 12.2. The van der Waals surface area contributed by atoms with Crippen LogP contribution in [0.1, 0.15) is 22.9 Å². The topological polar surface area (TPSA) is 68.5 Å². The predicted molar refractivity (Wildman–Crippen MR) is 199 cm³/mol. The summed E-state index contributed by atoms with van der Waals surface area (Å²) < 4.78 is 9.04. The van der Waals surface area contributed by atoms with E-state index in [4.69, 9.17) is 15.1 Å². The molecule has 5 heteroatoms. The SMILES string of the molecule is NC(=NC(NCc1ccc(-n2c3ccccc3c3c4oc5ccccc5c4c4ccccc4c32)cc1)c1ccccc1)c1ccccc1. The van der Waals surface area contributed by atoms with Crippen molar-refractivity contribution in [3.8, 4) is 5.69 Å². The van der Waals surface area contributed by atoms with E-state index in [1.54, 1.807) is 0 Å². The maximum absolute atomic E-state index is 6.66. The molecule has 7 aromatic carbocycles. The number of rotatable bonds is 7. The van der Waals surface area contributed by atoms with E-state index in [2.05, 4.69) is 113 Å². The Morgan fingerprint density at radius 2 is 1.25 bits per heavy atom. The normalized spacial score (nSPS) is 12.9. The average Bonchev–Trinajstić information content (AvgIpc) is 3.71. The second kappa shape index (κ2) is 11.6. The molecule has 48 heavy (non-hydrogen) atoms. The Morgan fingerprint density at radius 1 is 0.625 bits per heavy atom. The van der Waals surface area contributed by atoms with Crippen molar-refractivity contribution in [2.24, 2.45) is 10.7 Å². The second-order valence-electron chi connectivity index (χ2n) is 12.2. The van der Waals surface area contributed by atoms with Crippen LogP contribution >= 0.6 is 0 Å². The summed E-state index contributed by atoms with van der Waals surface area (Å²) in [5, 5.41) is 10.7.